The summed E-state index contributed by atoms with van der Waals surface area (Å²) in [5.74, 6) is 1.20. The number of hydrogen-bond acceptors (Lipinski definition) is 2. The second-order valence-corrected chi connectivity index (χ2v) is 9.23. The van der Waals surface area contributed by atoms with Crippen molar-refractivity contribution in [2.24, 2.45) is 5.92 Å². The molecule has 1 unspecified atom stereocenters. The smallest absolute Gasteiger partial charge is 0.0119 e. The molecule has 0 bridgehead atoms. The molecule has 5 heteroatoms. The summed E-state index contributed by atoms with van der Waals surface area (Å²) in [6.07, 6.45) is 5.22. The van der Waals surface area contributed by atoms with Gasteiger partial charge in [-0.25, -0.2) is 0 Å². The molecule has 1 atom stereocenters. The van der Waals surface area contributed by atoms with Gasteiger partial charge in [0, 0.05) is 12.0 Å². The Morgan fingerprint density at radius 1 is 0.618 bits per heavy atom. The molecule has 184 valence electrons. The van der Waals surface area contributed by atoms with Crippen LogP contribution < -0.4 is 5.32 Å². The summed E-state index contributed by atoms with van der Waals surface area (Å²) in [5, 5.41) is 3.51. The quantitative estimate of drug-likeness (QED) is 0.468. The van der Waals surface area contributed by atoms with Crippen molar-refractivity contribution in [3.8, 4) is 11.1 Å². The van der Waals surface area contributed by atoms with Crippen molar-refractivity contribution in [1.82, 2.24) is 10.2 Å². The molecular weight excluding hydrogens is 463 g/mol. The van der Waals surface area contributed by atoms with Crippen molar-refractivity contribution in [1.29, 1.82) is 0 Å². The number of halogens is 2. The van der Waals surface area contributed by atoms with Crippen molar-refractivity contribution in [3.63, 3.8) is 0 Å². The lowest BCUT2D eigenvalue weighted by Crippen LogP contribution is -2.47. The number of nitrogens with zero attached hydrogens (tertiary/aromatic N) is 1. The number of nitrogens with one attached hydrogen (secondary N) is 1. The Kier molecular flexibility index (Phi) is 11.6. The van der Waals surface area contributed by atoms with Crippen LogP contribution in [0.5, 0.6) is 0 Å². The van der Waals surface area contributed by atoms with Gasteiger partial charge in [0.2, 0.25) is 0 Å². The normalized spacial score (nSPS) is 18.1. The van der Waals surface area contributed by atoms with E-state index in [0.717, 1.165) is 6.04 Å². The first-order valence-electron chi connectivity index (χ1n) is 12.0. The second-order valence-electron chi connectivity index (χ2n) is 9.23. The molecule has 2 aliphatic heterocycles. The van der Waals surface area contributed by atoms with Gasteiger partial charge in [0.25, 0.3) is 0 Å². The van der Waals surface area contributed by atoms with Gasteiger partial charge in [-0.1, -0.05) is 84.9 Å². The fourth-order valence-electron chi connectivity index (χ4n) is 5.70. The largest absolute Gasteiger partial charge is 0.412 e. The third-order valence-electron chi connectivity index (χ3n) is 7.41. The molecule has 0 radical (unpaired) electrons. The van der Waals surface area contributed by atoms with Gasteiger partial charge < -0.3 is 15.7 Å². The molecule has 2 fully saturated rings. The van der Waals surface area contributed by atoms with Gasteiger partial charge >= 0.3 is 0 Å². The van der Waals surface area contributed by atoms with Crippen molar-refractivity contribution < 1.29 is 5.48 Å². The zero-order valence-corrected chi connectivity index (χ0v) is 21.4. The van der Waals surface area contributed by atoms with Crippen LogP contribution in [0.4, 0.5) is 0 Å². The highest BCUT2D eigenvalue weighted by molar-refractivity contribution is 5.85. The van der Waals surface area contributed by atoms with E-state index in [1.807, 2.05) is 0 Å². The average molecular weight is 502 g/mol. The summed E-state index contributed by atoms with van der Waals surface area (Å²) in [6.45, 7) is 4.87. The van der Waals surface area contributed by atoms with Crippen molar-refractivity contribution in [2.75, 3.05) is 26.2 Å². The van der Waals surface area contributed by atoms with E-state index in [9.17, 15) is 0 Å². The summed E-state index contributed by atoms with van der Waals surface area (Å²) in [5.41, 5.74) is 5.53. The first-order chi connectivity index (χ1) is 15.4. The number of rotatable bonds is 5. The van der Waals surface area contributed by atoms with E-state index in [1.165, 1.54) is 74.1 Å². The molecule has 0 saturated carbocycles. The molecule has 5 rings (SSSR count). The Bertz CT molecular complexity index is 939. The van der Waals surface area contributed by atoms with E-state index in [0.29, 0.717) is 11.8 Å². The van der Waals surface area contributed by atoms with Gasteiger partial charge in [-0.05, 0) is 80.0 Å². The summed E-state index contributed by atoms with van der Waals surface area (Å²) in [6, 6.07) is 32.1. The van der Waals surface area contributed by atoms with Crippen LogP contribution in [0.25, 0.3) is 11.1 Å². The molecule has 3 aromatic carbocycles. The van der Waals surface area contributed by atoms with Crippen LogP contribution in [0.1, 0.15) is 42.7 Å². The predicted molar refractivity (Wildman–Crippen MR) is 148 cm³/mol. The lowest BCUT2D eigenvalue weighted by Gasteiger charge is -2.41. The average Bonchev–Trinajstić information content (AvgIpc) is 2.87. The maximum Gasteiger partial charge on any atom is 0.0119 e. The topological polar surface area (TPSA) is 46.8 Å². The minimum Gasteiger partial charge on any atom is -0.412 e. The zero-order valence-electron chi connectivity index (χ0n) is 19.7. The number of likely N-dealkylation sites (tertiary alicyclic amines) is 1. The third kappa shape index (κ3) is 6.62. The Balaban J connectivity index is 0.00000136. The molecule has 2 heterocycles. The Labute approximate surface area is 217 Å². The lowest BCUT2D eigenvalue weighted by molar-refractivity contribution is 0.106. The highest BCUT2D eigenvalue weighted by Crippen LogP contribution is 2.39. The molecular formula is C29H38Cl2N2O. The molecule has 2 aliphatic rings. The van der Waals surface area contributed by atoms with Crippen LogP contribution in [-0.2, 0) is 0 Å². The highest BCUT2D eigenvalue weighted by Gasteiger charge is 2.31. The van der Waals surface area contributed by atoms with Gasteiger partial charge in [-0.2, -0.15) is 0 Å². The third-order valence-corrected chi connectivity index (χ3v) is 7.41. The van der Waals surface area contributed by atoms with Gasteiger partial charge in [-0.15, -0.1) is 24.8 Å². The maximum atomic E-state index is 3.51. The van der Waals surface area contributed by atoms with Crippen LogP contribution in [0.2, 0.25) is 0 Å². The van der Waals surface area contributed by atoms with Gasteiger partial charge in [-0.3, -0.25) is 0 Å². The SMILES string of the molecule is Cl.Cl.O.c1ccc(-c2ccc(C(c3ccccc3)C3CCN(C4CCNCC4)CC3)cc2)cc1. The predicted octanol–water partition coefficient (Wildman–Crippen LogP) is 5.97. The number of piperidine rings is 2. The summed E-state index contributed by atoms with van der Waals surface area (Å²) in [4.78, 5) is 2.78. The summed E-state index contributed by atoms with van der Waals surface area (Å²) in [7, 11) is 0. The Morgan fingerprint density at radius 2 is 1.12 bits per heavy atom. The first-order valence-corrected chi connectivity index (χ1v) is 12.0. The monoisotopic (exact) mass is 500 g/mol. The Morgan fingerprint density at radius 3 is 1.71 bits per heavy atom. The van der Waals surface area contributed by atoms with Crippen LogP contribution in [0.15, 0.2) is 84.9 Å². The molecule has 34 heavy (non-hydrogen) atoms. The van der Waals surface area contributed by atoms with Crippen LogP contribution in [-0.4, -0.2) is 42.6 Å². The first kappa shape index (κ1) is 28.4. The van der Waals surface area contributed by atoms with Gasteiger partial charge in [0.15, 0.2) is 0 Å². The lowest BCUT2D eigenvalue weighted by atomic mass is 9.75. The van der Waals surface area contributed by atoms with E-state index in [4.69, 9.17) is 0 Å². The maximum absolute atomic E-state index is 3.51. The van der Waals surface area contributed by atoms with Crippen molar-refractivity contribution in [2.45, 2.75) is 37.6 Å². The minimum absolute atomic E-state index is 0. The Hall–Kier alpha value is -1.88. The van der Waals surface area contributed by atoms with Crippen LogP contribution in [0, 0.1) is 5.92 Å². The molecule has 3 N–H and O–H groups in total. The fraction of sp³-hybridized carbons (Fsp3) is 0.379. The molecule has 0 amide bonds. The summed E-state index contributed by atoms with van der Waals surface area (Å²) < 4.78 is 0. The zero-order chi connectivity index (χ0) is 20.9. The number of hydrogen-bond donors (Lipinski definition) is 1. The standard InChI is InChI=1S/C29H34N2.2ClH.H2O/c1-3-7-23(8-4-1)24-11-13-26(14-12-24)29(25-9-5-2-6-10-25)27-17-21-31(22-18-27)28-15-19-30-20-16-28;;;/h1-14,27-30H,15-22H2;2*1H;1H2. The van der Waals surface area contributed by atoms with E-state index in [1.54, 1.807) is 0 Å². The van der Waals surface area contributed by atoms with Crippen molar-refractivity contribution >= 4 is 24.8 Å². The van der Waals surface area contributed by atoms with E-state index in [2.05, 4.69) is 95.1 Å². The summed E-state index contributed by atoms with van der Waals surface area (Å²) >= 11 is 0. The molecule has 0 aliphatic carbocycles. The number of benzene rings is 3. The van der Waals surface area contributed by atoms with Gasteiger partial charge in [0.05, 0.1) is 0 Å². The van der Waals surface area contributed by atoms with E-state index < -0.39 is 0 Å². The highest BCUT2D eigenvalue weighted by atomic mass is 35.5. The minimum atomic E-state index is 0. The van der Waals surface area contributed by atoms with Gasteiger partial charge in [0.1, 0.15) is 0 Å². The van der Waals surface area contributed by atoms with E-state index in [-0.39, 0.29) is 30.3 Å². The molecule has 0 aromatic heterocycles. The van der Waals surface area contributed by atoms with Crippen LogP contribution >= 0.6 is 24.8 Å². The second kappa shape index (κ2) is 13.9. The molecule has 3 aromatic rings. The van der Waals surface area contributed by atoms with E-state index >= 15 is 0 Å². The fourth-order valence-corrected chi connectivity index (χ4v) is 5.70. The van der Waals surface area contributed by atoms with Crippen molar-refractivity contribution in [3.05, 3.63) is 96.1 Å². The molecule has 3 nitrogen and oxygen atoms in total. The molecule has 2 saturated heterocycles. The molecule has 0 spiro atoms. The van der Waals surface area contributed by atoms with Crippen LogP contribution in [0.3, 0.4) is 0 Å².